The lowest BCUT2D eigenvalue weighted by Gasteiger charge is -2.21. The quantitative estimate of drug-likeness (QED) is 0.902. The summed E-state index contributed by atoms with van der Waals surface area (Å²) in [5.74, 6) is -0.871. The molecule has 0 aromatic carbocycles. The molecule has 0 radical (unpaired) electrons. The summed E-state index contributed by atoms with van der Waals surface area (Å²) in [5.41, 5.74) is 0.576. The van der Waals surface area contributed by atoms with Crippen LogP contribution in [0.1, 0.15) is 43.8 Å². The number of carbonyl (C=O) groups is 1. The fourth-order valence-corrected chi connectivity index (χ4v) is 4.24. The van der Waals surface area contributed by atoms with Crippen LogP contribution in [0, 0.1) is 0 Å². The molecule has 1 N–H and O–H groups in total. The molecule has 2 heterocycles. The summed E-state index contributed by atoms with van der Waals surface area (Å²) >= 11 is 2.83. The minimum Gasteiger partial charge on any atom is -0.481 e. The van der Waals surface area contributed by atoms with Gasteiger partial charge in [-0.3, -0.25) is 4.79 Å². The number of tetrazole rings is 1. The Kier molecular flexibility index (Phi) is 4.49. The number of rotatable bonds is 5. The third-order valence-electron chi connectivity index (χ3n) is 3.42. The van der Waals surface area contributed by atoms with E-state index in [1.807, 2.05) is 4.68 Å². The van der Waals surface area contributed by atoms with Gasteiger partial charge in [-0.15, -0.1) is 16.4 Å². The fraction of sp³-hybridized carbons (Fsp3) is 0.583. The van der Waals surface area contributed by atoms with Crippen molar-refractivity contribution in [2.75, 3.05) is 0 Å². The average Bonchev–Trinajstić information content (AvgIpc) is 3.09. The molecule has 0 unspecified atom stereocenters. The van der Waals surface area contributed by atoms with Gasteiger partial charge in [-0.25, -0.2) is 9.67 Å². The van der Waals surface area contributed by atoms with Crippen molar-refractivity contribution in [3.63, 3.8) is 0 Å². The van der Waals surface area contributed by atoms with Gasteiger partial charge in [0, 0.05) is 5.38 Å². The van der Waals surface area contributed by atoms with Crippen LogP contribution >= 0.6 is 23.1 Å². The van der Waals surface area contributed by atoms with Crippen LogP contribution in [0.15, 0.2) is 14.9 Å². The highest BCUT2D eigenvalue weighted by Crippen LogP contribution is 2.33. The highest BCUT2D eigenvalue weighted by molar-refractivity contribution is 8.00. The third-order valence-corrected chi connectivity index (χ3v) is 5.36. The molecule has 1 saturated carbocycles. The Labute approximate surface area is 129 Å². The second-order valence-electron chi connectivity index (χ2n) is 4.98. The third kappa shape index (κ3) is 3.59. The van der Waals surface area contributed by atoms with Gasteiger partial charge in [0.05, 0.1) is 18.2 Å². The Balaban J connectivity index is 1.71. The van der Waals surface area contributed by atoms with E-state index in [-0.39, 0.29) is 6.42 Å². The number of nitrogens with zero attached hydrogens (tertiary/aromatic N) is 5. The van der Waals surface area contributed by atoms with Gasteiger partial charge in [-0.2, -0.15) is 0 Å². The molecule has 1 aliphatic carbocycles. The van der Waals surface area contributed by atoms with Crippen molar-refractivity contribution in [3.8, 4) is 0 Å². The molecule has 2 aromatic rings. The predicted octanol–water partition coefficient (Wildman–Crippen LogP) is 2.41. The number of hydrogen-bond acceptors (Lipinski definition) is 7. The molecule has 2 aromatic heterocycles. The molecule has 1 fully saturated rings. The first kappa shape index (κ1) is 14.5. The average molecular weight is 325 g/mol. The summed E-state index contributed by atoms with van der Waals surface area (Å²) in [6, 6.07) is 0.370. The molecule has 112 valence electrons. The van der Waals surface area contributed by atoms with E-state index in [4.69, 9.17) is 5.11 Å². The Bertz CT molecular complexity index is 621. The Hall–Kier alpha value is -1.48. The van der Waals surface area contributed by atoms with Gasteiger partial charge in [0.1, 0.15) is 0 Å². The van der Waals surface area contributed by atoms with Gasteiger partial charge in [0.2, 0.25) is 5.16 Å². The maximum atomic E-state index is 10.7. The molecule has 0 atom stereocenters. The van der Waals surface area contributed by atoms with Crippen molar-refractivity contribution in [2.24, 2.45) is 0 Å². The molecule has 21 heavy (non-hydrogen) atoms. The number of carboxylic acids is 1. The summed E-state index contributed by atoms with van der Waals surface area (Å²) in [6.07, 6.45) is 5.89. The summed E-state index contributed by atoms with van der Waals surface area (Å²) in [4.78, 5) is 15.0. The normalized spacial score (nSPS) is 16.2. The van der Waals surface area contributed by atoms with E-state index in [9.17, 15) is 4.79 Å². The first-order valence-electron chi connectivity index (χ1n) is 6.84. The van der Waals surface area contributed by atoms with Crippen LogP contribution in [0.25, 0.3) is 0 Å². The zero-order chi connectivity index (χ0) is 14.7. The monoisotopic (exact) mass is 325 g/mol. The summed E-state index contributed by atoms with van der Waals surface area (Å²) < 4.78 is 2.67. The second kappa shape index (κ2) is 6.52. The smallest absolute Gasteiger partial charge is 0.309 e. The minimum absolute atomic E-state index is 0.0510. The topological polar surface area (TPSA) is 93.8 Å². The second-order valence-corrected chi connectivity index (χ2v) is 7.05. The number of aromatic nitrogens is 5. The Morgan fingerprint density at radius 2 is 2.24 bits per heavy atom. The Morgan fingerprint density at radius 1 is 1.43 bits per heavy atom. The van der Waals surface area contributed by atoms with Crippen LogP contribution in [0.2, 0.25) is 0 Å². The van der Waals surface area contributed by atoms with E-state index < -0.39 is 5.97 Å². The molecular formula is C12H15N5O2S2. The highest BCUT2D eigenvalue weighted by Gasteiger charge is 2.21. The number of thiazole rings is 1. The first-order chi connectivity index (χ1) is 10.2. The van der Waals surface area contributed by atoms with Crippen molar-refractivity contribution < 1.29 is 9.90 Å². The first-order valence-corrected chi connectivity index (χ1v) is 8.54. The van der Waals surface area contributed by atoms with Crippen molar-refractivity contribution in [2.45, 2.75) is 54.1 Å². The molecule has 0 spiro atoms. The van der Waals surface area contributed by atoms with Gasteiger partial charge in [-0.05, 0) is 35.0 Å². The molecule has 0 bridgehead atoms. The van der Waals surface area contributed by atoms with Crippen LogP contribution in [0.3, 0.4) is 0 Å². The minimum atomic E-state index is -0.871. The molecular weight excluding hydrogens is 310 g/mol. The van der Waals surface area contributed by atoms with Gasteiger partial charge in [-0.1, -0.05) is 19.3 Å². The lowest BCUT2D eigenvalue weighted by atomic mass is 9.96. The number of hydrogen-bond donors (Lipinski definition) is 1. The van der Waals surface area contributed by atoms with Gasteiger partial charge < -0.3 is 5.11 Å². The number of carboxylic acid groups (broad SMARTS) is 1. The summed E-state index contributed by atoms with van der Waals surface area (Å²) in [6.45, 7) is 0. The van der Waals surface area contributed by atoms with Crippen molar-refractivity contribution in [3.05, 3.63) is 11.1 Å². The molecule has 0 saturated heterocycles. The molecule has 9 heteroatoms. The summed E-state index contributed by atoms with van der Waals surface area (Å²) in [5, 5.41) is 23.2. The van der Waals surface area contributed by atoms with Gasteiger partial charge in [0.15, 0.2) is 4.34 Å². The largest absolute Gasteiger partial charge is 0.481 e. The van der Waals surface area contributed by atoms with Crippen molar-refractivity contribution in [1.29, 1.82) is 0 Å². The SMILES string of the molecule is O=C(O)Cc1csc(Sc2nnnn2C2CCCCC2)n1. The van der Waals surface area contributed by atoms with E-state index in [2.05, 4.69) is 20.5 Å². The standard InChI is InChI=1S/C12H15N5O2S2/c18-10(19)6-8-7-20-12(13-8)21-11-14-15-16-17(11)9-4-2-1-3-5-9/h7,9H,1-6H2,(H,18,19). The predicted molar refractivity (Wildman–Crippen MR) is 77.5 cm³/mol. The van der Waals surface area contributed by atoms with E-state index in [1.54, 1.807) is 5.38 Å². The Morgan fingerprint density at radius 3 is 3.00 bits per heavy atom. The maximum Gasteiger partial charge on any atom is 0.309 e. The van der Waals surface area contributed by atoms with Crippen LogP contribution in [-0.4, -0.2) is 36.3 Å². The number of aliphatic carboxylic acids is 1. The van der Waals surface area contributed by atoms with E-state index >= 15 is 0 Å². The molecule has 3 rings (SSSR count). The zero-order valence-corrected chi connectivity index (χ0v) is 12.9. The summed E-state index contributed by atoms with van der Waals surface area (Å²) in [7, 11) is 0. The maximum absolute atomic E-state index is 10.7. The van der Waals surface area contributed by atoms with E-state index in [0.29, 0.717) is 11.7 Å². The lowest BCUT2D eigenvalue weighted by molar-refractivity contribution is -0.136. The van der Waals surface area contributed by atoms with Gasteiger partial charge >= 0.3 is 5.97 Å². The van der Waals surface area contributed by atoms with Crippen LogP contribution in [0.4, 0.5) is 0 Å². The highest BCUT2D eigenvalue weighted by atomic mass is 32.2. The van der Waals surface area contributed by atoms with Crippen LogP contribution < -0.4 is 0 Å². The van der Waals surface area contributed by atoms with Gasteiger partial charge in [0.25, 0.3) is 0 Å². The molecule has 0 aliphatic heterocycles. The lowest BCUT2D eigenvalue weighted by Crippen LogP contribution is -2.15. The van der Waals surface area contributed by atoms with Crippen molar-refractivity contribution >= 4 is 29.1 Å². The zero-order valence-electron chi connectivity index (χ0n) is 11.3. The molecule has 1 aliphatic rings. The fourth-order valence-electron chi connectivity index (χ4n) is 2.46. The van der Waals surface area contributed by atoms with Crippen LogP contribution in [-0.2, 0) is 11.2 Å². The molecule has 0 amide bonds. The van der Waals surface area contributed by atoms with Crippen molar-refractivity contribution in [1.82, 2.24) is 25.2 Å². The van der Waals surface area contributed by atoms with E-state index in [1.165, 1.54) is 42.4 Å². The molecule has 7 nitrogen and oxygen atoms in total. The van der Waals surface area contributed by atoms with E-state index in [0.717, 1.165) is 22.3 Å². The van der Waals surface area contributed by atoms with Crippen LogP contribution in [0.5, 0.6) is 0 Å².